The van der Waals surface area contributed by atoms with E-state index < -0.39 is 0 Å². The van der Waals surface area contributed by atoms with Crippen molar-refractivity contribution in [2.45, 2.75) is 45.2 Å². The van der Waals surface area contributed by atoms with Crippen LogP contribution in [0.5, 0.6) is 5.75 Å². The van der Waals surface area contributed by atoms with Gasteiger partial charge in [-0.25, -0.2) is 4.98 Å². The van der Waals surface area contributed by atoms with E-state index in [0.29, 0.717) is 0 Å². The molecule has 6 rings (SSSR count). The SMILES string of the molecule is COc1ccc([C@H](C)NCc2cn3c(N4CCNCC4)cccc3n2)cc1.c1cnc2c(c1)CCCC2. The molecule has 1 aliphatic carbocycles. The molecule has 0 radical (unpaired) electrons. The maximum absolute atomic E-state index is 5.23. The van der Waals surface area contributed by atoms with Gasteiger partial charge in [0.2, 0.25) is 0 Å². The summed E-state index contributed by atoms with van der Waals surface area (Å²) in [5.74, 6) is 2.10. The molecule has 2 aliphatic rings. The summed E-state index contributed by atoms with van der Waals surface area (Å²) in [5, 5.41) is 6.98. The van der Waals surface area contributed by atoms with Crippen LogP contribution in [0.4, 0.5) is 5.82 Å². The first kappa shape index (κ1) is 25.2. The number of aryl methyl sites for hydroxylation is 2. The molecule has 3 aromatic heterocycles. The number of piperazine rings is 1. The Labute approximate surface area is 219 Å². The standard InChI is InChI=1S/C21H27N5O.C9H11N/c1-16(17-6-8-19(27-2)9-7-17)23-14-18-15-26-20(24-18)4-3-5-21(26)25-12-10-22-11-13-25;1-2-6-9-8(4-1)5-3-7-10-9/h3-9,15-16,22-23H,10-14H2,1-2H3;3,5,7H,1-2,4,6H2/t16-;/m0./s1. The molecule has 0 saturated carbocycles. The fourth-order valence-corrected chi connectivity index (χ4v) is 5.08. The third-order valence-corrected chi connectivity index (χ3v) is 7.26. The molecule has 2 N–H and O–H groups in total. The molecule has 4 heterocycles. The van der Waals surface area contributed by atoms with E-state index in [4.69, 9.17) is 9.72 Å². The van der Waals surface area contributed by atoms with E-state index in [1.165, 1.54) is 48.3 Å². The van der Waals surface area contributed by atoms with Crippen molar-refractivity contribution >= 4 is 11.5 Å². The highest BCUT2D eigenvalue weighted by Gasteiger charge is 2.15. The van der Waals surface area contributed by atoms with Crippen LogP contribution in [0.1, 0.15) is 48.3 Å². The Morgan fingerprint density at radius 3 is 2.59 bits per heavy atom. The summed E-state index contributed by atoms with van der Waals surface area (Å²) in [6.07, 6.45) is 9.15. The predicted octanol–water partition coefficient (Wildman–Crippen LogP) is 4.56. The first-order valence-corrected chi connectivity index (χ1v) is 13.4. The molecule has 4 aromatic rings. The van der Waals surface area contributed by atoms with Gasteiger partial charge in [0, 0.05) is 56.9 Å². The minimum Gasteiger partial charge on any atom is -0.497 e. The topological polar surface area (TPSA) is 66.7 Å². The Hall–Kier alpha value is -3.42. The number of ether oxygens (including phenoxy) is 1. The molecule has 0 unspecified atom stereocenters. The van der Waals surface area contributed by atoms with E-state index in [-0.39, 0.29) is 6.04 Å². The summed E-state index contributed by atoms with van der Waals surface area (Å²) in [6.45, 7) is 7.01. The zero-order chi connectivity index (χ0) is 25.5. The molecule has 37 heavy (non-hydrogen) atoms. The smallest absolute Gasteiger partial charge is 0.138 e. The molecule has 1 aliphatic heterocycles. The molecular formula is C30H38N6O. The van der Waals surface area contributed by atoms with Gasteiger partial charge in [-0.1, -0.05) is 24.3 Å². The molecule has 7 nitrogen and oxygen atoms in total. The summed E-state index contributed by atoms with van der Waals surface area (Å²) in [6, 6.07) is 19.0. The first-order valence-electron chi connectivity index (χ1n) is 13.4. The van der Waals surface area contributed by atoms with Gasteiger partial charge in [-0.05, 0) is 74.1 Å². The van der Waals surface area contributed by atoms with Crippen molar-refractivity contribution in [1.29, 1.82) is 0 Å². The van der Waals surface area contributed by atoms with E-state index in [2.05, 4.69) is 74.4 Å². The number of methoxy groups -OCH3 is 1. The molecule has 0 amide bonds. The largest absolute Gasteiger partial charge is 0.497 e. The van der Waals surface area contributed by atoms with Crippen molar-refractivity contribution < 1.29 is 4.74 Å². The lowest BCUT2D eigenvalue weighted by molar-refractivity contribution is 0.414. The molecule has 7 heteroatoms. The normalized spacial score (nSPS) is 16.0. The number of pyridine rings is 2. The highest BCUT2D eigenvalue weighted by Crippen LogP contribution is 2.21. The van der Waals surface area contributed by atoms with E-state index >= 15 is 0 Å². The van der Waals surface area contributed by atoms with E-state index in [0.717, 1.165) is 49.8 Å². The highest BCUT2D eigenvalue weighted by atomic mass is 16.5. The molecule has 1 aromatic carbocycles. The molecule has 194 valence electrons. The van der Waals surface area contributed by atoms with Crippen LogP contribution in [0.2, 0.25) is 0 Å². The Bertz CT molecular complexity index is 1250. The molecular weight excluding hydrogens is 460 g/mol. The molecule has 1 fully saturated rings. The molecule has 0 spiro atoms. The molecule has 0 bridgehead atoms. The van der Waals surface area contributed by atoms with Gasteiger partial charge in [0.15, 0.2) is 0 Å². The highest BCUT2D eigenvalue weighted by molar-refractivity contribution is 5.53. The van der Waals surface area contributed by atoms with Crippen LogP contribution < -0.4 is 20.3 Å². The average molecular weight is 499 g/mol. The zero-order valence-corrected chi connectivity index (χ0v) is 22.0. The van der Waals surface area contributed by atoms with Gasteiger partial charge in [-0.3, -0.25) is 9.38 Å². The van der Waals surface area contributed by atoms with E-state index in [1.807, 2.05) is 24.4 Å². The van der Waals surface area contributed by atoms with E-state index in [1.54, 1.807) is 7.11 Å². The maximum Gasteiger partial charge on any atom is 0.138 e. The Morgan fingerprint density at radius 1 is 1.00 bits per heavy atom. The monoisotopic (exact) mass is 498 g/mol. The predicted molar refractivity (Wildman–Crippen MR) is 149 cm³/mol. The average Bonchev–Trinajstić information content (AvgIpc) is 3.40. The zero-order valence-electron chi connectivity index (χ0n) is 22.0. The van der Waals surface area contributed by atoms with Crippen LogP contribution in [-0.2, 0) is 19.4 Å². The quantitative estimate of drug-likeness (QED) is 0.406. The second-order valence-corrected chi connectivity index (χ2v) is 9.77. The lowest BCUT2D eigenvalue weighted by Gasteiger charge is -2.29. The van der Waals surface area contributed by atoms with Crippen LogP contribution in [0, 0.1) is 0 Å². The summed E-state index contributed by atoms with van der Waals surface area (Å²) in [5.41, 5.74) is 6.08. The van der Waals surface area contributed by atoms with Gasteiger partial charge >= 0.3 is 0 Å². The van der Waals surface area contributed by atoms with Gasteiger partial charge < -0.3 is 20.3 Å². The lowest BCUT2D eigenvalue weighted by Crippen LogP contribution is -2.44. The number of fused-ring (bicyclic) bond motifs is 2. The van der Waals surface area contributed by atoms with Gasteiger partial charge in [0.25, 0.3) is 0 Å². The van der Waals surface area contributed by atoms with Crippen LogP contribution >= 0.6 is 0 Å². The second-order valence-electron chi connectivity index (χ2n) is 9.77. The number of aromatic nitrogens is 3. The van der Waals surface area contributed by atoms with Crippen molar-refractivity contribution in [1.82, 2.24) is 25.0 Å². The fourth-order valence-electron chi connectivity index (χ4n) is 5.08. The Kier molecular flexibility index (Phi) is 8.33. The number of nitrogens with zero attached hydrogens (tertiary/aromatic N) is 4. The van der Waals surface area contributed by atoms with Crippen LogP contribution in [0.3, 0.4) is 0 Å². The molecule has 1 saturated heterocycles. The summed E-state index contributed by atoms with van der Waals surface area (Å²) >= 11 is 0. The number of anilines is 1. The minimum absolute atomic E-state index is 0.244. The summed E-state index contributed by atoms with van der Waals surface area (Å²) in [7, 11) is 1.69. The van der Waals surface area contributed by atoms with Crippen molar-refractivity contribution in [2.24, 2.45) is 0 Å². The van der Waals surface area contributed by atoms with Crippen LogP contribution in [-0.4, -0.2) is 47.7 Å². The lowest BCUT2D eigenvalue weighted by atomic mass is 9.96. The number of nitrogens with one attached hydrogen (secondary N) is 2. The van der Waals surface area contributed by atoms with Crippen molar-refractivity contribution in [3.8, 4) is 5.75 Å². The van der Waals surface area contributed by atoms with Gasteiger partial charge in [-0.2, -0.15) is 0 Å². The third-order valence-electron chi connectivity index (χ3n) is 7.26. The number of benzene rings is 1. The Balaban J connectivity index is 0.000000233. The van der Waals surface area contributed by atoms with Crippen LogP contribution in [0.15, 0.2) is 67.0 Å². The third kappa shape index (κ3) is 6.29. The Morgan fingerprint density at radius 2 is 1.81 bits per heavy atom. The van der Waals surface area contributed by atoms with Crippen molar-refractivity contribution in [2.75, 3.05) is 38.2 Å². The first-order chi connectivity index (χ1) is 18.2. The van der Waals surface area contributed by atoms with Gasteiger partial charge in [0.05, 0.1) is 12.8 Å². The van der Waals surface area contributed by atoms with Gasteiger partial charge in [-0.15, -0.1) is 0 Å². The van der Waals surface area contributed by atoms with E-state index in [9.17, 15) is 0 Å². The summed E-state index contributed by atoms with van der Waals surface area (Å²) < 4.78 is 7.44. The minimum atomic E-state index is 0.244. The fraction of sp³-hybridized carbons (Fsp3) is 0.400. The van der Waals surface area contributed by atoms with Crippen molar-refractivity contribution in [3.05, 3.63) is 89.5 Å². The number of rotatable bonds is 6. The number of hydrogen-bond acceptors (Lipinski definition) is 6. The number of imidazole rings is 1. The van der Waals surface area contributed by atoms with Gasteiger partial charge in [0.1, 0.15) is 17.2 Å². The number of hydrogen-bond donors (Lipinski definition) is 2. The maximum atomic E-state index is 5.23. The van der Waals surface area contributed by atoms with Crippen LogP contribution in [0.25, 0.3) is 5.65 Å². The van der Waals surface area contributed by atoms with Crippen molar-refractivity contribution in [3.63, 3.8) is 0 Å². The second kappa shape index (κ2) is 12.2. The summed E-state index contributed by atoms with van der Waals surface area (Å²) in [4.78, 5) is 11.5. The molecule has 1 atom stereocenters.